The molecule has 0 aliphatic heterocycles. The molecule has 0 unspecified atom stereocenters. The van der Waals surface area contributed by atoms with Gasteiger partial charge in [0, 0.05) is 27.9 Å². The summed E-state index contributed by atoms with van der Waals surface area (Å²) in [6.45, 7) is 2.03. The molecule has 0 saturated carbocycles. The van der Waals surface area contributed by atoms with E-state index >= 15 is 0 Å². The van der Waals surface area contributed by atoms with E-state index in [9.17, 15) is 0 Å². The van der Waals surface area contributed by atoms with Crippen molar-refractivity contribution >= 4 is 49.0 Å². The fraction of sp³-hybridized carbons (Fsp3) is 0.0204. The molecular weight excluding hydrogens is 659 g/mol. The lowest BCUT2D eigenvalue weighted by Crippen LogP contribution is -1.98. The summed E-state index contributed by atoms with van der Waals surface area (Å²) in [5.74, 6) is 0.982. The Morgan fingerprint density at radius 2 is 0.796 bits per heavy atom. The van der Waals surface area contributed by atoms with Crippen molar-refractivity contribution in [2.75, 3.05) is 5.73 Å². The van der Waals surface area contributed by atoms with E-state index in [4.69, 9.17) is 15.7 Å². The topological polar surface area (TPSA) is 77.6 Å². The predicted octanol–water partition coefficient (Wildman–Crippen LogP) is 12.1. The van der Waals surface area contributed by atoms with Gasteiger partial charge in [0.25, 0.3) is 0 Å². The Hall–Kier alpha value is -7.24. The van der Waals surface area contributed by atoms with Crippen molar-refractivity contribution in [1.29, 1.82) is 0 Å². The van der Waals surface area contributed by atoms with Gasteiger partial charge >= 0.3 is 0 Å². The van der Waals surface area contributed by atoms with Crippen LogP contribution in [-0.2, 0) is 0 Å². The maximum Gasteiger partial charge on any atom is 0.221 e. The van der Waals surface area contributed by atoms with Crippen LogP contribution < -0.4 is 5.73 Å². The van der Waals surface area contributed by atoms with Crippen LogP contribution >= 0.6 is 0 Å². The fourth-order valence-corrected chi connectivity index (χ4v) is 7.64. The molecule has 254 valence electrons. The number of nitrogens with zero attached hydrogens (tertiary/aromatic N) is 4. The molecule has 2 aromatic heterocycles. The van der Waals surface area contributed by atoms with E-state index in [1.807, 2.05) is 19.1 Å². The smallest absolute Gasteiger partial charge is 0.221 e. The molecule has 0 saturated heterocycles. The Bertz CT molecular complexity index is 2880. The molecule has 10 aromatic rings. The lowest BCUT2D eigenvalue weighted by Gasteiger charge is -2.13. The maximum absolute atomic E-state index is 6.29. The van der Waals surface area contributed by atoms with Gasteiger partial charge in [0.2, 0.25) is 5.95 Å². The minimum absolute atomic E-state index is 0.252. The molecule has 10 rings (SSSR count). The molecule has 0 aliphatic rings. The average molecular weight is 692 g/mol. The first kappa shape index (κ1) is 31.5. The molecule has 5 heteroatoms. The highest BCUT2D eigenvalue weighted by atomic mass is 15.0. The van der Waals surface area contributed by atoms with E-state index in [0.717, 1.165) is 67.0 Å². The number of nitrogen functional groups attached to an aromatic ring is 1. The van der Waals surface area contributed by atoms with Gasteiger partial charge in [-0.05, 0) is 97.5 Å². The fourth-order valence-electron chi connectivity index (χ4n) is 7.64. The number of hydrogen-bond acceptors (Lipinski definition) is 5. The van der Waals surface area contributed by atoms with Crippen LogP contribution in [0.1, 0.15) is 5.69 Å². The normalized spacial score (nSPS) is 11.5. The molecule has 2 N–H and O–H groups in total. The molecule has 8 aromatic carbocycles. The van der Waals surface area contributed by atoms with Gasteiger partial charge in [-0.25, -0.2) is 19.9 Å². The van der Waals surface area contributed by atoms with Gasteiger partial charge in [-0.1, -0.05) is 133 Å². The molecule has 0 atom stereocenters. The van der Waals surface area contributed by atoms with E-state index in [2.05, 4.69) is 168 Å². The standard InChI is InChI=1S/C49H33N5/c1-30-24-45(52-48(51-30)40-19-17-32-9-3-5-11-34(32)26-40)38-20-22-41-35(27-38)12-6-14-43(41)44-15-7-13-36-28-39(21-23-42(36)44)47-29-46(53-49(50)54-47)37-18-16-31-8-2-4-10-33(31)25-37/h2-29H,1H3,(H2,50,53,54). The second-order valence-electron chi connectivity index (χ2n) is 13.8. The minimum atomic E-state index is 0.252. The molecule has 54 heavy (non-hydrogen) atoms. The Morgan fingerprint density at radius 3 is 1.37 bits per heavy atom. The third-order valence-electron chi connectivity index (χ3n) is 10.3. The second kappa shape index (κ2) is 12.8. The summed E-state index contributed by atoms with van der Waals surface area (Å²) in [4.78, 5) is 19.1. The number of hydrogen-bond donors (Lipinski definition) is 1. The van der Waals surface area contributed by atoms with E-state index in [1.54, 1.807) is 0 Å². The first-order chi connectivity index (χ1) is 26.5. The van der Waals surface area contributed by atoms with Crippen LogP contribution in [0, 0.1) is 6.92 Å². The van der Waals surface area contributed by atoms with Crippen molar-refractivity contribution in [2.24, 2.45) is 0 Å². The first-order valence-electron chi connectivity index (χ1n) is 18.1. The van der Waals surface area contributed by atoms with Crippen LogP contribution in [0.25, 0.3) is 99.4 Å². The Balaban J connectivity index is 1.01. The van der Waals surface area contributed by atoms with Crippen LogP contribution in [-0.4, -0.2) is 19.9 Å². The number of anilines is 1. The molecule has 2 heterocycles. The zero-order valence-corrected chi connectivity index (χ0v) is 29.5. The summed E-state index contributed by atoms with van der Waals surface area (Å²) >= 11 is 0. The summed E-state index contributed by atoms with van der Waals surface area (Å²) in [7, 11) is 0. The lowest BCUT2D eigenvalue weighted by molar-refractivity contribution is 1.12. The van der Waals surface area contributed by atoms with Gasteiger partial charge < -0.3 is 5.73 Å². The van der Waals surface area contributed by atoms with Crippen molar-refractivity contribution in [2.45, 2.75) is 6.92 Å². The highest BCUT2D eigenvalue weighted by molar-refractivity contribution is 6.07. The minimum Gasteiger partial charge on any atom is -0.368 e. The Labute approximate surface area is 312 Å². The Kier molecular flexibility index (Phi) is 7.44. The largest absolute Gasteiger partial charge is 0.368 e. The van der Waals surface area contributed by atoms with Gasteiger partial charge in [-0.3, -0.25) is 0 Å². The molecule has 5 nitrogen and oxygen atoms in total. The molecule has 0 amide bonds. The first-order valence-corrected chi connectivity index (χ1v) is 18.1. The second-order valence-corrected chi connectivity index (χ2v) is 13.8. The summed E-state index contributed by atoms with van der Waals surface area (Å²) in [6.07, 6.45) is 0. The molecular formula is C49H33N5. The highest BCUT2D eigenvalue weighted by Crippen LogP contribution is 2.37. The van der Waals surface area contributed by atoms with Crippen LogP contribution in [0.2, 0.25) is 0 Å². The van der Waals surface area contributed by atoms with Crippen LogP contribution in [0.5, 0.6) is 0 Å². The Morgan fingerprint density at radius 1 is 0.352 bits per heavy atom. The van der Waals surface area contributed by atoms with Gasteiger partial charge in [-0.15, -0.1) is 0 Å². The number of nitrogens with two attached hydrogens (primary N) is 1. The number of rotatable bonds is 5. The van der Waals surface area contributed by atoms with E-state index in [0.29, 0.717) is 0 Å². The van der Waals surface area contributed by atoms with Crippen LogP contribution in [0.4, 0.5) is 5.95 Å². The van der Waals surface area contributed by atoms with Gasteiger partial charge in [0.15, 0.2) is 5.82 Å². The molecule has 0 bridgehead atoms. The zero-order chi connectivity index (χ0) is 36.2. The van der Waals surface area contributed by atoms with Crippen molar-refractivity contribution in [1.82, 2.24) is 19.9 Å². The van der Waals surface area contributed by atoms with Crippen LogP contribution in [0.15, 0.2) is 170 Å². The van der Waals surface area contributed by atoms with Crippen LogP contribution in [0.3, 0.4) is 0 Å². The van der Waals surface area contributed by atoms with Crippen molar-refractivity contribution < 1.29 is 0 Å². The van der Waals surface area contributed by atoms with Crippen molar-refractivity contribution in [3.8, 4) is 56.3 Å². The van der Waals surface area contributed by atoms with Gasteiger partial charge in [0.05, 0.1) is 17.1 Å². The van der Waals surface area contributed by atoms with Gasteiger partial charge in [-0.2, -0.15) is 0 Å². The lowest BCUT2D eigenvalue weighted by atomic mass is 9.92. The van der Waals surface area contributed by atoms with E-state index in [-0.39, 0.29) is 5.95 Å². The summed E-state index contributed by atoms with van der Waals surface area (Å²) in [6, 6.07) is 59.7. The number of fused-ring (bicyclic) bond motifs is 4. The molecule has 0 spiro atoms. The third kappa shape index (κ3) is 5.69. The monoisotopic (exact) mass is 691 g/mol. The molecule has 0 radical (unpaired) electrons. The highest BCUT2D eigenvalue weighted by Gasteiger charge is 2.14. The number of aromatic nitrogens is 4. The quantitative estimate of drug-likeness (QED) is 0.194. The SMILES string of the molecule is Cc1cc(-c2ccc3c(-c4cccc5cc(-c6cc(-c7ccc8ccccc8c7)nc(N)n6)ccc45)cccc3c2)nc(-c2ccc3ccccc3c2)n1. The van der Waals surface area contributed by atoms with E-state index in [1.165, 1.54) is 38.1 Å². The average Bonchev–Trinajstić information content (AvgIpc) is 3.22. The summed E-state index contributed by atoms with van der Waals surface area (Å²) in [5, 5.41) is 9.35. The number of aryl methyl sites for hydroxylation is 1. The third-order valence-corrected chi connectivity index (χ3v) is 10.3. The predicted molar refractivity (Wildman–Crippen MR) is 224 cm³/mol. The number of benzene rings is 8. The summed E-state index contributed by atoms with van der Waals surface area (Å²) < 4.78 is 0. The summed E-state index contributed by atoms with van der Waals surface area (Å²) in [5.41, 5.74) is 16.1. The molecule has 0 fully saturated rings. The van der Waals surface area contributed by atoms with Crippen molar-refractivity contribution in [3.63, 3.8) is 0 Å². The molecule has 0 aliphatic carbocycles. The van der Waals surface area contributed by atoms with E-state index < -0.39 is 0 Å². The van der Waals surface area contributed by atoms with Crippen molar-refractivity contribution in [3.05, 3.63) is 176 Å². The maximum atomic E-state index is 6.29. The zero-order valence-electron chi connectivity index (χ0n) is 29.5. The van der Waals surface area contributed by atoms with Gasteiger partial charge in [0.1, 0.15) is 0 Å².